The number of fused-ring (bicyclic) bond motifs is 2. The summed E-state index contributed by atoms with van der Waals surface area (Å²) in [6, 6.07) is 19.7. The minimum atomic E-state index is 0.411. The van der Waals surface area contributed by atoms with E-state index in [0.717, 1.165) is 32.8 Å². The van der Waals surface area contributed by atoms with E-state index < -0.39 is 0 Å². The molecule has 7 heteroatoms. The van der Waals surface area contributed by atoms with Gasteiger partial charge in [-0.1, -0.05) is 18.2 Å². The largest absolute Gasteiger partial charge is 0.450 e. The van der Waals surface area contributed by atoms with Crippen LogP contribution in [-0.2, 0) is 0 Å². The van der Waals surface area contributed by atoms with E-state index in [9.17, 15) is 5.26 Å². The van der Waals surface area contributed by atoms with Gasteiger partial charge in [0, 0.05) is 6.08 Å². The van der Waals surface area contributed by atoms with Gasteiger partial charge in [-0.25, -0.2) is 9.97 Å². The fraction of sp³-hybridized carbons (Fsp3) is 0.0455. The maximum Gasteiger partial charge on any atom is 0.174 e. The van der Waals surface area contributed by atoms with E-state index >= 15 is 0 Å². The number of imidazole rings is 2. The molecule has 0 aliphatic rings. The van der Waals surface area contributed by atoms with Crippen LogP contribution >= 0.6 is 11.8 Å². The predicted octanol–water partition coefficient (Wildman–Crippen LogP) is 5.56. The Labute approximate surface area is 170 Å². The molecule has 0 aliphatic heterocycles. The number of hydrogen-bond acceptors (Lipinski definition) is 5. The van der Waals surface area contributed by atoms with Gasteiger partial charge in [-0.05, 0) is 60.6 Å². The third kappa shape index (κ3) is 3.42. The Morgan fingerprint density at radius 3 is 2.76 bits per heavy atom. The molecule has 2 aromatic carbocycles. The second kappa shape index (κ2) is 7.00. The summed E-state index contributed by atoms with van der Waals surface area (Å²) in [7, 11) is 0. The van der Waals surface area contributed by atoms with E-state index in [4.69, 9.17) is 4.42 Å². The van der Waals surface area contributed by atoms with Gasteiger partial charge in [-0.2, -0.15) is 5.26 Å². The zero-order valence-electron chi connectivity index (χ0n) is 15.4. The first-order chi connectivity index (χ1) is 14.2. The van der Waals surface area contributed by atoms with Crippen LogP contribution in [0.1, 0.15) is 17.1 Å². The van der Waals surface area contributed by atoms with Gasteiger partial charge in [0.25, 0.3) is 0 Å². The Bertz CT molecular complexity index is 1380. The lowest BCUT2D eigenvalue weighted by molar-refractivity contribution is 0.466. The van der Waals surface area contributed by atoms with Gasteiger partial charge in [-0.15, -0.1) is 0 Å². The van der Waals surface area contributed by atoms with E-state index in [1.54, 1.807) is 6.08 Å². The summed E-state index contributed by atoms with van der Waals surface area (Å²) in [5.41, 5.74) is 5.16. The highest BCUT2D eigenvalue weighted by Crippen LogP contribution is 2.30. The van der Waals surface area contributed by atoms with Crippen LogP contribution in [0.3, 0.4) is 0 Å². The molecule has 140 valence electrons. The van der Waals surface area contributed by atoms with E-state index in [2.05, 4.69) is 26.0 Å². The Balaban J connectivity index is 1.42. The second-order valence-corrected chi connectivity index (χ2v) is 7.59. The average molecular weight is 397 g/mol. The smallest absolute Gasteiger partial charge is 0.174 e. The van der Waals surface area contributed by atoms with Crippen molar-refractivity contribution < 1.29 is 4.42 Å². The molecule has 3 aromatic heterocycles. The first-order valence-electron chi connectivity index (χ1n) is 8.99. The van der Waals surface area contributed by atoms with Crippen molar-refractivity contribution >= 4 is 45.5 Å². The number of para-hydroxylation sites is 2. The van der Waals surface area contributed by atoms with Crippen molar-refractivity contribution in [3.63, 3.8) is 0 Å². The number of rotatable bonds is 4. The molecule has 0 saturated heterocycles. The standard InChI is InChI=1S/C22H15N5OS/c1-13-6-8-18-19(10-13)25-21(24-18)14(12-23)11-15-7-9-20(28-15)29-22-26-16-4-2-3-5-17(16)27-22/h2-11H,1H3,(H,24,25)(H,26,27). The summed E-state index contributed by atoms with van der Waals surface area (Å²) in [6.07, 6.45) is 1.69. The highest BCUT2D eigenvalue weighted by Gasteiger charge is 2.11. The van der Waals surface area contributed by atoms with Crippen LogP contribution in [0.2, 0.25) is 0 Å². The zero-order chi connectivity index (χ0) is 19.8. The quantitative estimate of drug-likeness (QED) is 0.387. The van der Waals surface area contributed by atoms with Crippen LogP contribution in [0, 0.1) is 18.3 Å². The number of hydrogen-bond donors (Lipinski definition) is 2. The monoisotopic (exact) mass is 397 g/mol. The first kappa shape index (κ1) is 17.3. The first-order valence-corrected chi connectivity index (χ1v) is 9.80. The average Bonchev–Trinajstić information content (AvgIpc) is 3.43. The molecule has 0 saturated carbocycles. The van der Waals surface area contributed by atoms with E-state index in [0.29, 0.717) is 22.3 Å². The van der Waals surface area contributed by atoms with Crippen molar-refractivity contribution in [2.75, 3.05) is 0 Å². The number of aromatic amines is 2. The number of allylic oxidation sites excluding steroid dienone is 1. The van der Waals surface area contributed by atoms with E-state index in [1.165, 1.54) is 11.8 Å². The molecule has 0 amide bonds. The highest BCUT2D eigenvalue weighted by atomic mass is 32.2. The molecule has 0 fully saturated rings. The third-order valence-corrected chi connectivity index (χ3v) is 5.27. The SMILES string of the molecule is Cc1ccc2nc(C(C#N)=Cc3ccc(Sc4nc5ccccc5[nH]4)o3)[nH]c2c1. The summed E-state index contributed by atoms with van der Waals surface area (Å²) in [4.78, 5) is 15.5. The summed E-state index contributed by atoms with van der Waals surface area (Å²) < 4.78 is 5.86. The van der Waals surface area contributed by atoms with Crippen LogP contribution in [0.15, 0.2) is 69.3 Å². The number of aryl methyl sites for hydroxylation is 1. The maximum absolute atomic E-state index is 9.60. The van der Waals surface area contributed by atoms with Crippen LogP contribution in [0.4, 0.5) is 0 Å². The molecule has 0 spiro atoms. The molecule has 0 bridgehead atoms. The molecular formula is C22H15N5OS. The van der Waals surface area contributed by atoms with Gasteiger partial charge >= 0.3 is 0 Å². The van der Waals surface area contributed by atoms with Crippen LogP contribution in [0.25, 0.3) is 33.7 Å². The Hall–Kier alpha value is -3.76. The molecule has 0 aliphatic carbocycles. The lowest BCUT2D eigenvalue weighted by Crippen LogP contribution is -1.84. The topological polar surface area (TPSA) is 94.3 Å². The van der Waals surface area contributed by atoms with Gasteiger partial charge < -0.3 is 14.4 Å². The lowest BCUT2D eigenvalue weighted by atomic mass is 10.2. The number of nitrogens with one attached hydrogen (secondary N) is 2. The molecule has 5 rings (SSSR count). The van der Waals surface area contributed by atoms with Crippen molar-refractivity contribution in [1.29, 1.82) is 5.26 Å². The normalized spacial score (nSPS) is 11.9. The van der Waals surface area contributed by atoms with Gasteiger partial charge in [-0.3, -0.25) is 0 Å². The van der Waals surface area contributed by atoms with E-state index in [-0.39, 0.29) is 0 Å². The Kier molecular flexibility index (Phi) is 4.19. The molecule has 3 heterocycles. The number of nitriles is 1. The molecule has 29 heavy (non-hydrogen) atoms. The number of nitrogens with zero attached hydrogens (tertiary/aromatic N) is 3. The summed E-state index contributed by atoms with van der Waals surface area (Å²) in [5.74, 6) is 1.10. The van der Waals surface area contributed by atoms with Crippen molar-refractivity contribution in [3.8, 4) is 6.07 Å². The third-order valence-electron chi connectivity index (χ3n) is 4.47. The van der Waals surface area contributed by atoms with Crippen LogP contribution in [0.5, 0.6) is 0 Å². The van der Waals surface area contributed by atoms with Gasteiger partial charge in [0.1, 0.15) is 17.7 Å². The van der Waals surface area contributed by atoms with Crippen molar-refractivity contribution in [2.24, 2.45) is 0 Å². The Morgan fingerprint density at radius 1 is 1.03 bits per heavy atom. The summed E-state index contributed by atoms with van der Waals surface area (Å²) in [6.45, 7) is 2.02. The second-order valence-electron chi connectivity index (χ2n) is 6.59. The van der Waals surface area contributed by atoms with Gasteiger partial charge in [0.2, 0.25) is 0 Å². The predicted molar refractivity (Wildman–Crippen MR) is 113 cm³/mol. The highest BCUT2D eigenvalue weighted by molar-refractivity contribution is 7.99. The number of aromatic nitrogens is 4. The lowest BCUT2D eigenvalue weighted by Gasteiger charge is -1.93. The van der Waals surface area contributed by atoms with Crippen LogP contribution < -0.4 is 0 Å². The van der Waals surface area contributed by atoms with Crippen molar-refractivity contribution in [2.45, 2.75) is 17.2 Å². The van der Waals surface area contributed by atoms with Crippen LogP contribution in [-0.4, -0.2) is 19.9 Å². The minimum Gasteiger partial charge on any atom is -0.450 e. The van der Waals surface area contributed by atoms with Gasteiger partial charge in [0.05, 0.1) is 27.6 Å². The number of H-pyrrole nitrogens is 2. The Morgan fingerprint density at radius 2 is 1.90 bits per heavy atom. The summed E-state index contributed by atoms with van der Waals surface area (Å²) >= 11 is 1.40. The van der Waals surface area contributed by atoms with Gasteiger partial charge in [0.15, 0.2) is 10.2 Å². The molecule has 0 atom stereocenters. The minimum absolute atomic E-state index is 0.411. The zero-order valence-corrected chi connectivity index (χ0v) is 16.2. The molecule has 2 N–H and O–H groups in total. The fourth-order valence-corrected chi connectivity index (χ4v) is 3.86. The number of benzene rings is 2. The molecule has 0 radical (unpaired) electrons. The fourth-order valence-electron chi connectivity index (χ4n) is 3.09. The summed E-state index contributed by atoms with van der Waals surface area (Å²) in [5, 5.41) is 11.0. The van der Waals surface area contributed by atoms with E-state index in [1.807, 2.05) is 61.5 Å². The maximum atomic E-state index is 9.60. The van der Waals surface area contributed by atoms with Crippen molar-refractivity contribution in [3.05, 3.63) is 71.7 Å². The number of furan rings is 1. The molecule has 5 aromatic rings. The van der Waals surface area contributed by atoms with Crippen molar-refractivity contribution in [1.82, 2.24) is 19.9 Å². The molecule has 0 unspecified atom stereocenters. The molecule has 6 nitrogen and oxygen atoms in total. The molecular weight excluding hydrogens is 382 g/mol.